The Bertz CT molecular complexity index is 3590. The summed E-state index contributed by atoms with van der Waals surface area (Å²) in [6.07, 6.45) is 0. The molecule has 3 heterocycles. The van der Waals surface area contributed by atoms with E-state index in [1.807, 2.05) is 108 Å². The third kappa shape index (κ3) is 11.1. The molecular weight excluding hydrogens is 986 g/mol. The van der Waals surface area contributed by atoms with E-state index in [1.54, 1.807) is 42.5 Å². The van der Waals surface area contributed by atoms with E-state index in [1.165, 1.54) is 44.2 Å². The van der Waals surface area contributed by atoms with Gasteiger partial charge in [0.25, 0.3) is 15.9 Å². The van der Waals surface area contributed by atoms with E-state index in [0.29, 0.717) is 33.3 Å². The van der Waals surface area contributed by atoms with Gasteiger partial charge in [0.1, 0.15) is 42.0 Å². The number of nitrogens with zero attached hydrogens (tertiary/aromatic N) is 3. The summed E-state index contributed by atoms with van der Waals surface area (Å²) in [6.45, 7) is 7.14. The van der Waals surface area contributed by atoms with Crippen molar-refractivity contribution >= 4 is 45.1 Å². The number of sulfonamides is 1. The van der Waals surface area contributed by atoms with Gasteiger partial charge in [-0.1, -0.05) is 76.9 Å². The fourth-order valence-corrected chi connectivity index (χ4v) is 9.78. The van der Waals surface area contributed by atoms with Crippen molar-refractivity contribution in [2.75, 3.05) is 0 Å². The summed E-state index contributed by atoms with van der Waals surface area (Å²) in [5, 5.41) is 13.6. The first-order valence-corrected chi connectivity index (χ1v) is 24.4. The lowest BCUT2D eigenvalue weighted by Gasteiger charge is -2.17. The molecule has 0 aliphatic rings. The summed E-state index contributed by atoms with van der Waals surface area (Å²) < 4.78 is 75.7. The smallest absolute Gasteiger partial charge is 0.335 e. The number of halogens is 4. The van der Waals surface area contributed by atoms with Crippen molar-refractivity contribution in [2.45, 2.75) is 45.8 Å². The second-order valence-corrected chi connectivity index (χ2v) is 18.9. The fourth-order valence-electron chi connectivity index (χ4n) is 8.03. The fraction of sp³-hybridized carbons (Fsp3) is 0.109. The van der Waals surface area contributed by atoms with Gasteiger partial charge in [-0.3, -0.25) is 4.79 Å². The molecule has 72 heavy (non-hydrogen) atoms. The maximum Gasteiger partial charge on any atom is 0.335 e. The highest BCUT2D eigenvalue weighted by Gasteiger charge is 2.27. The molecule has 0 saturated carbocycles. The molecule has 0 aliphatic carbocycles. The number of nitrogens with one attached hydrogen (secondary N) is 1. The van der Waals surface area contributed by atoms with Crippen molar-refractivity contribution in [3.05, 3.63) is 225 Å². The molecule has 17 heteroatoms. The number of aromatic nitrogens is 3. The summed E-state index contributed by atoms with van der Waals surface area (Å²) in [5.74, 6) is -1.29. The van der Waals surface area contributed by atoms with Crippen LogP contribution in [0.2, 0.25) is 10.0 Å². The molecule has 3 aromatic heterocycles. The van der Waals surface area contributed by atoms with Crippen LogP contribution in [-0.2, 0) is 23.2 Å². The third-order valence-electron chi connectivity index (χ3n) is 11.5. The molecule has 0 spiro atoms. The normalized spacial score (nSPS) is 11.2. The largest absolute Gasteiger partial charge is 0.488 e. The van der Waals surface area contributed by atoms with Gasteiger partial charge in [-0.15, -0.1) is 0 Å². The lowest BCUT2D eigenvalue weighted by molar-refractivity contribution is 0.0696. The monoisotopic (exact) mass is 1030 g/mol. The molecule has 9 aromatic rings. The first-order chi connectivity index (χ1) is 34.5. The summed E-state index contributed by atoms with van der Waals surface area (Å²) in [5.41, 5.74) is 8.31. The van der Waals surface area contributed by atoms with Crippen molar-refractivity contribution in [1.82, 2.24) is 19.0 Å². The number of ether oxygens (including phenoxy) is 2. The van der Waals surface area contributed by atoms with Gasteiger partial charge in [-0.25, -0.2) is 26.7 Å². The molecule has 0 fully saturated rings. The Morgan fingerprint density at radius 1 is 0.625 bits per heavy atom. The number of para-hydroxylation sites is 2. The minimum Gasteiger partial charge on any atom is -0.488 e. The number of benzene rings is 6. The average molecular weight is 1030 g/mol. The molecule has 0 bridgehead atoms. The van der Waals surface area contributed by atoms with Gasteiger partial charge in [0.2, 0.25) is 0 Å². The van der Waals surface area contributed by atoms with Crippen molar-refractivity contribution in [3.8, 4) is 45.4 Å². The number of hydrogen-bond donors (Lipinski definition) is 2. The molecule has 9 rings (SSSR count). The Labute approximate surface area is 423 Å². The molecule has 0 unspecified atom stereocenters. The van der Waals surface area contributed by atoms with Crippen LogP contribution in [0.1, 0.15) is 54.7 Å². The second-order valence-electron chi connectivity index (χ2n) is 16.4. The van der Waals surface area contributed by atoms with Gasteiger partial charge in [0.15, 0.2) is 10.7 Å². The SMILES string of the molecule is Cc1ccc(-c2ccccc2OCc2ccc(F)cc2Cl)n1-c1cccc(C(=O)O)c1.Cc1noc(C)c1S(=O)(=O)NC(=O)c1cccc(-n2c(C)ccc2-c2ccccc2OCc2ccc(F)cc2Cl)c1. The number of hydrogen-bond acceptors (Lipinski definition) is 8. The summed E-state index contributed by atoms with van der Waals surface area (Å²) >= 11 is 12.3. The average Bonchev–Trinajstić information content (AvgIpc) is 4.05. The van der Waals surface area contributed by atoms with E-state index in [9.17, 15) is 31.9 Å². The zero-order valence-electron chi connectivity index (χ0n) is 39.0. The first-order valence-electron chi connectivity index (χ1n) is 22.1. The van der Waals surface area contributed by atoms with E-state index in [0.717, 1.165) is 39.6 Å². The number of amides is 1. The highest BCUT2D eigenvalue weighted by atomic mass is 35.5. The van der Waals surface area contributed by atoms with E-state index in [-0.39, 0.29) is 45.7 Å². The zero-order chi connectivity index (χ0) is 51.3. The first kappa shape index (κ1) is 50.4. The number of aryl methyl sites for hydroxylation is 4. The van der Waals surface area contributed by atoms with Crippen LogP contribution in [0.3, 0.4) is 0 Å². The maximum atomic E-state index is 13.5. The number of aromatic carboxylic acids is 1. The molecule has 0 aliphatic heterocycles. The Balaban J connectivity index is 0.000000200. The highest BCUT2D eigenvalue weighted by molar-refractivity contribution is 7.90. The molecule has 2 N–H and O–H groups in total. The Kier molecular flexibility index (Phi) is 15.1. The summed E-state index contributed by atoms with van der Waals surface area (Å²) in [7, 11) is -4.20. The van der Waals surface area contributed by atoms with Crippen molar-refractivity contribution in [2.24, 2.45) is 0 Å². The van der Waals surface area contributed by atoms with Crippen molar-refractivity contribution < 1.29 is 45.9 Å². The Morgan fingerprint density at radius 2 is 1.10 bits per heavy atom. The predicted octanol–water partition coefficient (Wildman–Crippen LogP) is 13.1. The molecule has 0 atom stereocenters. The molecular formula is C55H44Cl2F2N4O8S. The minimum absolute atomic E-state index is 0.0896. The van der Waals surface area contributed by atoms with E-state index < -0.39 is 33.5 Å². The Morgan fingerprint density at radius 3 is 1.56 bits per heavy atom. The van der Waals surface area contributed by atoms with Crippen LogP contribution < -0.4 is 14.2 Å². The molecule has 0 radical (unpaired) electrons. The van der Waals surface area contributed by atoms with E-state index in [2.05, 4.69) is 9.88 Å². The number of carboxylic acids is 1. The quantitative estimate of drug-likeness (QED) is 0.108. The second kappa shape index (κ2) is 21.6. The number of rotatable bonds is 14. The Hall–Kier alpha value is -7.98. The van der Waals surface area contributed by atoms with Gasteiger partial charge in [0, 0.05) is 50.6 Å². The van der Waals surface area contributed by atoms with Gasteiger partial charge >= 0.3 is 5.97 Å². The van der Waals surface area contributed by atoms with Crippen molar-refractivity contribution in [3.63, 3.8) is 0 Å². The van der Waals surface area contributed by atoms with E-state index in [4.69, 9.17) is 37.2 Å². The standard InChI is InChI=1S/C30H25ClFN3O5S.C25H19ClFNO3/c1-18-11-14-27(25-9-4-5-10-28(25)39-17-22-12-13-23(32)16-26(22)31)35(18)24-8-6-7-21(15-24)30(36)34-41(37,38)29-19(2)33-40-20(29)3;1-16-9-12-23(28(16)20-6-4-5-17(13-20)25(29)30)21-7-2-3-8-24(21)31-15-18-10-11-19(27)14-22(18)26/h4-16H,17H2,1-3H3,(H,34,36);2-14H,15H2,1H3,(H,29,30). The maximum absolute atomic E-state index is 13.5. The summed E-state index contributed by atoms with van der Waals surface area (Å²) in [4.78, 5) is 24.3. The molecule has 0 saturated heterocycles. The van der Waals surface area contributed by atoms with E-state index >= 15 is 0 Å². The zero-order valence-corrected chi connectivity index (χ0v) is 41.3. The number of carboxylic acid groups (broad SMARTS) is 1. The van der Waals surface area contributed by atoms with Crippen LogP contribution in [0.4, 0.5) is 8.78 Å². The molecule has 6 aromatic carbocycles. The molecule has 1 amide bonds. The van der Waals surface area contributed by atoms with Gasteiger partial charge in [-0.2, -0.15) is 0 Å². The topological polar surface area (TPSA) is 155 Å². The van der Waals surface area contributed by atoms with Crippen molar-refractivity contribution in [1.29, 1.82) is 0 Å². The summed E-state index contributed by atoms with van der Waals surface area (Å²) in [6, 6.07) is 44.6. The van der Waals surface area contributed by atoms with Gasteiger partial charge in [0.05, 0.1) is 27.0 Å². The third-order valence-corrected chi connectivity index (χ3v) is 13.7. The molecule has 366 valence electrons. The van der Waals surface area contributed by atoms with Gasteiger partial charge < -0.3 is 28.2 Å². The van der Waals surface area contributed by atoms with Crippen LogP contribution >= 0.6 is 23.2 Å². The van der Waals surface area contributed by atoms with Crippen LogP contribution in [0.5, 0.6) is 11.5 Å². The number of carbonyl (C=O) groups is 2. The minimum atomic E-state index is -4.20. The number of carbonyl (C=O) groups excluding carboxylic acids is 1. The van der Waals surface area contributed by atoms with Crippen LogP contribution in [0.25, 0.3) is 33.9 Å². The van der Waals surface area contributed by atoms with Crippen LogP contribution in [0, 0.1) is 39.3 Å². The molecule has 12 nitrogen and oxygen atoms in total. The lowest BCUT2D eigenvalue weighted by Crippen LogP contribution is -2.31. The lowest BCUT2D eigenvalue weighted by atomic mass is 10.1. The highest BCUT2D eigenvalue weighted by Crippen LogP contribution is 2.36. The van der Waals surface area contributed by atoms with Crippen LogP contribution in [-0.4, -0.2) is 39.7 Å². The predicted molar refractivity (Wildman–Crippen MR) is 271 cm³/mol. The van der Waals surface area contributed by atoms with Gasteiger partial charge in [-0.05, 0) is 137 Å². The van der Waals surface area contributed by atoms with Crippen LogP contribution in [0.15, 0.2) is 167 Å².